The van der Waals surface area contributed by atoms with Crippen molar-refractivity contribution >= 4 is 5.82 Å². The molecule has 3 aliphatic rings. The van der Waals surface area contributed by atoms with Gasteiger partial charge in [-0.3, -0.25) is 4.90 Å². The zero-order chi connectivity index (χ0) is 13.5. The van der Waals surface area contributed by atoms with Gasteiger partial charge in [-0.1, -0.05) is 5.92 Å². The maximum Gasteiger partial charge on any atom is 0.128 e. The molecule has 4 heterocycles. The van der Waals surface area contributed by atoms with Gasteiger partial charge in [0.25, 0.3) is 0 Å². The minimum atomic E-state index is 0.659. The summed E-state index contributed by atoms with van der Waals surface area (Å²) in [6.07, 6.45) is 9.79. The lowest BCUT2D eigenvalue weighted by Gasteiger charge is -2.47. The summed E-state index contributed by atoms with van der Waals surface area (Å²) in [5.41, 5.74) is 0.849. The Morgan fingerprint density at radius 1 is 1.15 bits per heavy atom. The number of ether oxygens (including phenoxy) is 1. The normalized spacial score (nSPS) is 30.1. The third-order valence-electron chi connectivity index (χ3n) is 4.82. The van der Waals surface area contributed by atoms with Crippen LogP contribution < -0.4 is 4.90 Å². The minimum absolute atomic E-state index is 0.659. The van der Waals surface area contributed by atoms with E-state index < -0.39 is 0 Å². The van der Waals surface area contributed by atoms with Gasteiger partial charge in [0.2, 0.25) is 0 Å². The number of fused-ring (bicyclic) bond motifs is 2. The second kappa shape index (κ2) is 4.76. The summed E-state index contributed by atoms with van der Waals surface area (Å²) in [7, 11) is 0. The van der Waals surface area contributed by atoms with Crippen molar-refractivity contribution in [3.63, 3.8) is 0 Å². The molecule has 1 aromatic heterocycles. The monoisotopic (exact) mass is 269 g/mol. The first kappa shape index (κ1) is 12.2. The van der Waals surface area contributed by atoms with Crippen LogP contribution in [0.5, 0.6) is 0 Å². The predicted molar refractivity (Wildman–Crippen MR) is 77.6 cm³/mol. The first-order chi connectivity index (χ1) is 9.85. The molecule has 104 valence electrons. The molecule has 0 saturated carbocycles. The average molecular weight is 269 g/mol. The Labute approximate surface area is 119 Å². The van der Waals surface area contributed by atoms with Gasteiger partial charge in [-0.2, -0.15) is 0 Å². The van der Waals surface area contributed by atoms with Gasteiger partial charge in [0.15, 0.2) is 0 Å². The molecule has 1 aromatic rings. The van der Waals surface area contributed by atoms with Gasteiger partial charge < -0.3 is 9.64 Å². The van der Waals surface area contributed by atoms with E-state index in [0.29, 0.717) is 18.1 Å². The van der Waals surface area contributed by atoms with Crippen molar-refractivity contribution in [3.8, 4) is 12.3 Å². The van der Waals surface area contributed by atoms with Crippen LogP contribution in [-0.4, -0.2) is 54.3 Å². The minimum Gasteiger partial charge on any atom is -0.378 e. The molecule has 0 radical (unpaired) electrons. The molecule has 20 heavy (non-hydrogen) atoms. The Balaban J connectivity index is 1.51. The lowest BCUT2D eigenvalue weighted by Crippen LogP contribution is -2.62. The van der Waals surface area contributed by atoms with Crippen molar-refractivity contribution in [1.82, 2.24) is 9.88 Å². The number of pyridine rings is 1. The summed E-state index contributed by atoms with van der Waals surface area (Å²) in [4.78, 5) is 9.63. The number of anilines is 1. The number of piperazine rings is 1. The summed E-state index contributed by atoms with van der Waals surface area (Å²) in [5, 5.41) is 0. The molecule has 0 aromatic carbocycles. The van der Waals surface area contributed by atoms with Crippen molar-refractivity contribution in [3.05, 3.63) is 23.9 Å². The molecular weight excluding hydrogens is 250 g/mol. The smallest absolute Gasteiger partial charge is 0.128 e. The van der Waals surface area contributed by atoms with Crippen molar-refractivity contribution < 1.29 is 4.74 Å². The number of terminal acetylenes is 1. The highest BCUT2D eigenvalue weighted by Gasteiger charge is 2.45. The second-order valence-corrected chi connectivity index (χ2v) is 5.98. The van der Waals surface area contributed by atoms with E-state index in [4.69, 9.17) is 11.2 Å². The van der Waals surface area contributed by atoms with E-state index in [0.717, 1.165) is 37.7 Å². The molecule has 2 unspecified atom stereocenters. The fourth-order valence-corrected chi connectivity index (χ4v) is 3.77. The van der Waals surface area contributed by atoms with Crippen molar-refractivity contribution in [2.45, 2.75) is 31.0 Å². The highest BCUT2D eigenvalue weighted by molar-refractivity contribution is 5.44. The Kier molecular flexibility index (Phi) is 2.90. The van der Waals surface area contributed by atoms with E-state index in [-0.39, 0.29) is 0 Å². The molecule has 0 N–H and O–H groups in total. The lowest BCUT2D eigenvalue weighted by molar-refractivity contribution is -0.0850. The van der Waals surface area contributed by atoms with Gasteiger partial charge in [0.1, 0.15) is 5.82 Å². The van der Waals surface area contributed by atoms with E-state index in [1.807, 2.05) is 6.07 Å². The molecule has 3 aliphatic heterocycles. The first-order valence-electron chi connectivity index (χ1n) is 7.38. The Morgan fingerprint density at radius 3 is 2.40 bits per heavy atom. The van der Waals surface area contributed by atoms with Gasteiger partial charge in [-0.05, 0) is 25.0 Å². The van der Waals surface area contributed by atoms with Gasteiger partial charge in [-0.25, -0.2) is 4.98 Å². The summed E-state index contributed by atoms with van der Waals surface area (Å²) in [6.45, 7) is 4.00. The topological polar surface area (TPSA) is 28.6 Å². The largest absolute Gasteiger partial charge is 0.378 e. The molecule has 0 amide bonds. The molecule has 3 fully saturated rings. The van der Waals surface area contributed by atoms with Crippen molar-refractivity contribution in [2.75, 3.05) is 31.2 Å². The third-order valence-corrected chi connectivity index (χ3v) is 4.82. The Morgan fingerprint density at radius 2 is 1.90 bits per heavy atom. The maximum atomic E-state index is 5.38. The molecule has 0 aliphatic carbocycles. The van der Waals surface area contributed by atoms with Crippen LogP contribution in [0.4, 0.5) is 5.82 Å². The van der Waals surface area contributed by atoms with E-state index in [1.165, 1.54) is 12.8 Å². The highest BCUT2D eigenvalue weighted by Crippen LogP contribution is 2.35. The molecule has 2 bridgehead atoms. The average Bonchev–Trinajstić information content (AvgIpc) is 2.69. The fraction of sp³-hybridized carbons (Fsp3) is 0.562. The van der Waals surface area contributed by atoms with Crippen LogP contribution in [0.25, 0.3) is 0 Å². The molecule has 4 rings (SSSR count). The quantitative estimate of drug-likeness (QED) is 0.752. The van der Waals surface area contributed by atoms with E-state index >= 15 is 0 Å². The van der Waals surface area contributed by atoms with Crippen LogP contribution >= 0.6 is 0 Å². The fourth-order valence-electron chi connectivity index (χ4n) is 3.77. The molecule has 0 spiro atoms. The summed E-state index contributed by atoms with van der Waals surface area (Å²) in [5.74, 6) is 3.68. The third kappa shape index (κ3) is 1.90. The standard InChI is InChI=1S/C16H19N3O/c1-2-12-3-6-16(17-7-12)18-8-13-4-5-14(9-18)19(13)15-10-20-11-15/h1,3,6-7,13-15H,4-5,8-11H2. The Bertz CT molecular complexity index is 518. The molecule has 4 heteroatoms. The zero-order valence-electron chi connectivity index (χ0n) is 11.5. The first-order valence-corrected chi connectivity index (χ1v) is 7.38. The van der Waals surface area contributed by atoms with Gasteiger partial charge in [0, 0.05) is 36.9 Å². The van der Waals surface area contributed by atoms with Crippen LogP contribution in [0.1, 0.15) is 18.4 Å². The second-order valence-electron chi connectivity index (χ2n) is 5.98. The van der Waals surface area contributed by atoms with Gasteiger partial charge in [-0.15, -0.1) is 6.42 Å². The van der Waals surface area contributed by atoms with Crippen LogP contribution in [-0.2, 0) is 4.74 Å². The SMILES string of the molecule is C#Cc1ccc(N2CC3CCC(C2)N3C2COC2)nc1. The predicted octanol–water partition coefficient (Wildman–Crippen LogP) is 1.11. The molecular formula is C16H19N3O. The van der Waals surface area contributed by atoms with E-state index in [9.17, 15) is 0 Å². The number of hydrogen-bond donors (Lipinski definition) is 0. The number of rotatable bonds is 2. The number of aromatic nitrogens is 1. The Hall–Kier alpha value is -1.57. The number of hydrogen-bond acceptors (Lipinski definition) is 4. The lowest BCUT2D eigenvalue weighted by atomic mass is 10.1. The molecule has 3 saturated heterocycles. The summed E-state index contributed by atoms with van der Waals surface area (Å²) >= 11 is 0. The molecule has 4 nitrogen and oxygen atoms in total. The van der Waals surface area contributed by atoms with Crippen molar-refractivity contribution in [2.24, 2.45) is 0 Å². The number of nitrogens with zero attached hydrogens (tertiary/aromatic N) is 3. The van der Waals surface area contributed by atoms with Crippen LogP contribution in [0.15, 0.2) is 18.3 Å². The van der Waals surface area contributed by atoms with Crippen LogP contribution in [0, 0.1) is 12.3 Å². The van der Waals surface area contributed by atoms with E-state index in [1.54, 1.807) is 6.20 Å². The highest BCUT2D eigenvalue weighted by atomic mass is 16.5. The van der Waals surface area contributed by atoms with Gasteiger partial charge >= 0.3 is 0 Å². The zero-order valence-corrected chi connectivity index (χ0v) is 11.5. The van der Waals surface area contributed by atoms with E-state index in [2.05, 4.69) is 26.8 Å². The van der Waals surface area contributed by atoms with Crippen LogP contribution in [0.3, 0.4) is 0 Å². The maximum absolute atomic E-state index is 5.38. The molecule has 2 atom stereocenters. The summed E-state index contributed by atoms with van der Waals surface area (Å²) in [6, 6.07) is 6.02. The van der Waals surface area contributed by atoms with Gasteiger partial charge in [0.05, 0.1) is 19.3 Å². The van der Waals surface area contributed by atoms with Crippen LogP contribution in [0.2, 0.25) is 0 Å². The van der Waals surface area contributed by atoms with Crippen molar-refractivity contribution in [1.29, 1.82) is 0 Å². The summed E-state index contributed by atoms with van der Waals surface area (Å²) < 4.78 is 5.36.